The molecular formula is C15H29N5. The van der Waals surface area contributed by atoms with Gasteiger partial charge in [0.25, 0.3) is 0 Å². The summed E-state index contributed by atoms with van der Waals surface area (Å²) >= 11 is 0. The lowest BCUT2D eigenvalue weighted by Crippen LogP contribution is -2.43. The number of aliphatic imine (C=N–C) groups is 1. The summed E-state index contributed by atoms with van der Waals surface area (Å²) in [6.45, 7) is 8.16. The summed E-state index contributed by atoms with van der Waals surface area (Å²) in [6, 6.07) is 0.458. The molecule has 0 bridgehead atoms. The van der Waals surface area contributed by atoms with E-state index in [4.69, 9.17) is 0 Å². The average molecular weight is 279 g/mol. The van der Waals surface area contributed by atoms with Crippen LogP contribution in [0.2, 0.25) is 0 Å². The van der Waals surface area contributed by atoms with Crippen LogP contribution in [0.3, 0.4) is 0 Å². The zero-order chi connectivity index (χ0) is 14.8. The molecule has 0 aromatic carbocycles. The number of nitrogens with one attached hydrogen (secondary N) is 2. The summed E-state index contributed by atoms with van der Waals surface area (Å²) in [5, 5.41) is 11.0. The third-order valence-electron chi connectivity index (χ3n) is 3.24. The maximum atomic E-state index is 4.27. The van der Waals surface area contributed by atoms with Crippen LogP contribution in [0.5, 0.6) is 0 Å². The Morgan fingerprint density at radius 1 is 1.45 bits per heavy atom. The van der Waals surface area contributed by atoms with Crippen molar-refractivity contribution in [1.82, 2.24) is 20.4 Å². The first-order valence-corrected chi connectivity index (χ1v) is 7.62. The van der Waals surface area contributed by atoms with Crippen molar-refractivity contribution in [2.45, 2.75) is 59.0 Å². The van der Waals surface area contributed by atoms with Crippen LogP contribution in [0.15, 0.2) is 17.4 Å². The van der Waals surface area contributed by atoms with Gasteiger partial charge in [0.2, 0.25) is 0 Å². The molecular weight excluding hydrogens is 250 g/mol. The lowest BCUT2D eigenvalue weighted by Gasteiger charge is -2.17. The highest BCUT2D eigenvalue weighted by atomic mass is 15.3. The zero-order valence-electron chi connectivity index (χ0n) is 13.3. The summed E-state index contributed by atoms with van der Waals surface area (Å²) in [5.41, 5.74) is 1.19. The number of nitrogens with zero attached hydrogens (tertiary/aromatic N) is 3. The van der Waals surface area contributed by atoms with Crippen molar-refractivity contribution in [3.05, 3.63) is 18.0 Å². The second-order valence-electron chi connectivity index (χ2n) is 5.32. The first kappa shape index (κ1) is 16.5. The van der Waals surface area contributed by atoms with Gasteiger partial charge in [0.05, 0.1) is 12.7 Å². The number of aryl methyl sites for hydroxylation is 1. The van der Waals surface area contributed by atoms with Gasteiger partial charge in [-0.25, -0.2) is 0 Å². The Bertz CT molecular complexity index is 397. The number of unbranched alkanes of at least 4 members (excludes halogenated alkanes) is 2. The van der Waals surface area contributed by atoms with Crippen molar-refractivity contribution in [2.75, 3.05) is 13.6 Å². The van der Waals surface area contributed by atoms with Gasteiger partial charge in [-0.15, -0.1) is 0 Å². The molecule has 0 spiro atoms. The fourth-order valence-corrected chi connectivity index (χ4v) is 2.08. The summed E-state index contributed by atoms with van der Waals surface area (Å²) < 4.78 is 1.94. The van der Waals surface area contributed by atoms with Gasteiger partial charge in [0.1, 0.15) is 0 Å². The van der Waals surface area contributed by atoms with Crippen molar-refractivity contribution >= 4 is 5.96 Å². The highest BCUT2D eigenvalue weighted by molar-refractivity contribution is 5.79. The molecule has 1 heterocycles. The van der Waals surface area contributed by atoms with E-state index >= 15 is 0 Å². The normalized spacial score (nSPS) is 13.3. The highest BCUT2D eigenvalue weighted by Crippen LogP contribution is 2.02. The van der Waals surface area contributed by atoms with Crippen LogP contribution in [0.4, 0.5) is 0 Å². The second-order valence-corrected chi connectivity index (χ2v) is 5.32. The van der Waals surface area contributed by atoms with E-state index in [2.05, 4.69) is 41.5 Å². The van der Waals surface area contributed by atoms with Gasteiger partial charge in [-0.1, -0.05) is 26.2 Å². The van der Waals surface area contributed by atoms with Gasteiger partial charge in [-0.3, -0.25) is 9.67 Å². The Kier molecular flexibility index (Phi) is 7.77. The number of aromatic nitrogens is 2. The third-order valence-corrected chi connectivity index (χ3v) is 3.24. The lowest BCUT2D eigenvalue weighted by atomic mass is 10.1. The average Bonchev–Trinajstić information content (AvgIpc) is 2.83. The molecule has 0 radical (unpaired) electrons. The molecule has 20 heavy (non-hydrogen) atoms. The van der Waals surface area contributed by atoms with Gasteiger partial charge < -0.3 is 10.6 Å². The highest BCUT2D eigenvalue weighted by Gasteiger charge is 2.04. The standard InChI is InChI=1S/C15H29N5/c1-5-6-7-8-14(3)19-15(16-4)17-9-10-20-12-13(2)11-18-20/h11-12,14H,5-10H2,1-4H3,(H2,16,17,19). The Hall–Kier alpha value is -1.52. The van der Waals surface area contributed by atoms with Crippen molar-refractivity contribution < 1.29 is 0 Å². The molecule has 1 aromatic rings. The molecule has 0 saturated carbocycles. The molecule has 5 nitrogen and oxygen atoms in total. The van der Waals surface area contributed by atoms with Crippen LogP contribution in [-0.4, -0.2) is 35.4 Å². The van der Waals surface area contributed by atoms with Crippen LogP contribution in [-0.2, 0) is 6.54 Å². The number of guanidine groups is 1. The molecule has 0 aliphatic rings. The summed E-state index contributed by atoms with van der Waals surface area (Å²) in [5.74, 6) is 0.873. The van der Waals surface area contributed by atoms with Crippen molar-refractivity contribution in [3.8, 4) is 0 Å². The summed E-state index contributed by atoms with van der Waals surface area (Å²) in [7, 11) is 1.81. The predicted molar refractivity (Wildman–Crippen MR) is 85.1 cm³/mol. The van der Waals surface area contributed by atoms with E-state index in [-0.39, 0.29) is 0 Å². The van der Waals surface area contributed by atoms with E-state index in [0.29, 0.717) is 6.04 Å². The van der Waals surface area contributed by atoms with E-state index < -0.39 is 0 Å². The van der Waals surface area contributed by atoms with Gasteiger partial charge >= 0.3 is 0 Å². The molecule has 114 valence electrons. The molecule has 0 fully saturated rings. The van der Waals surface area contributed by atoms with E-state index in [0.717, 1.165) is 19.0 Å². The Morgan fingerprint density at radius 2 is 2.25 bits per heavy atom. The summed E-state index contributed by atoms with van der Waals surface area (Å²) in [4.78, 5) is 4.26. The van der Waals surface area contributed by atoms with Gasteiger partial charge in [-0.05, 0) is 25.8 Å². The SMILES string of the molecule is CCCCCC(C)NC(=NC)NCCn1cc(C)cn1. The maximum absolute atomic E-state index is 4.27. The van der Waals surface area contributed by atoms with Gasteiger partial charge in [-0.2, -0.15) is 5.10 Å². The molecule has 0 amide bonds. The van der Waals surface area contributed by atoms with Crippen molar-refractivity contribution in [1.29, 1.82) is 0 Å². The van der Waals surface area contributed by atoms with Crippen LogP contribution >= 0.6 is 0 Å². The van der Waals surface area contributed by atoms with E-state index in [1.165, 1.54) is 31.2 Å². The number of rotatable bonds is 8. The predicted octanol–water partition coefficient (Wildman–Crippen LogP) is 2.33. The van der Waals surface area contributed by atoms with Crippen LogP contribution < -0.4 is 10.6 Å². The minimum atomic E-state index is 0.458. The van der Waals surface area contributed by atoms with E-state index in [1.54, 1.807) is 0 Å². The fraction of sp³-hybridized carbons (Fsp3) is 0.733. The van der Waals surface area contributed by atoms with Gasteiger partial charge in [0.15, 0.2) is 5.96 Å². The van der Waals surface area contributed by atoms with Crippen molar-refractivity contribution in [3.63, 3.8) is 0 Å². The quantitative estimate of drug-likeness (QED) is 0.436. The molecule has 1 atom stereocenters. The number of hydrogen-bond acceptors (Lipinski definition) is 2. The first-order chi connectivity index (χ1) is 9.65. The largest absolute Gasteiger partial charge is 0.355 e. The Labute approximate surface area is 122 Å². The van der Waals surface area contributed by atoms with Crippen molar-refractivity contribution in [2.24, 2.45) is 4.99 Å². The van der Waals surface area contributed by atoms with Crippen LogP contribution in [0.1, 0.15) is 45.1 Å². The first-order valence-electron chi connectivity index (χ1n) is 7.62. The second kappa shape index (κ2) is 9.39. The maximum Gasteiger partial charge on any atom is 0.191 e. The monoisotopic (exact) mass is 279 g/mol. The van der Waals surface area contributed by atoms with E-state index in [9.17, 15) is 0 Å². The Balaban J connectivity index is 2.22. The summed E-state index contributed by atoms with van der Waals surface area (Å²) in [6.07, 6.45) is 8.95. The fourth-order valence-electron chi connectivity index (χ4n) is 2.08. The molecule has 1 unspecified atom stereocenters. The topological polar surface area (TPSA) is 54.2 Å². The molecule has 5 heteroatoms. The molecule has 1 aromatic heterocycles. The lowest BCUT2D eigenvalue weighted by molar-refractivity contribution is 0.540. The molecule has 0 saturated heterocycles. The van der Waals surface area contributed by atoms with Gasteiger partial charge in [0, 0.05) is 25.8 Å². The van der Waals surface area contributed by atoms with Crippen LogP contribution in [0.25, 0.3) is 0 Å². The molecule has 0 aliphatic heterocycles. The zero-order valence-corrected chi connectivity index (χ0v) is 13.3. The molecule has 2 N–H and O–H groups in total. The smallest absolute Gasteiger partial charge is 0.191 e. The van der Waals surface area contributed by atoms with E-state index in [1.807, 2.05) is 24.1 Å². The Morgan fingerprint density at radius 3 is 2.85 bits per heavy atom. The van der Waals surface area contributed by atoms with Crippen LogP contribution in [0, 0.1) is 6.92 Å². The number of hydrogen-bond donors (Lipinski definition) is 2. The molecule has 1 rings (SSSR count). The molecule has 0 aliphatic carbocycles. The minimum absolute atomic E-state index is 0.458. The minimum Gasteiger partial charge on any atom is -0.355 e. The third kappa shape index (κ3) is 6.59.